The lowest BCUT2D eigenvalue weighted by Gasteiger charge is -2.20. The standard InChI is InChI=1S/C25H20N2O4/c1-31-22-11-10-16(15-27-23(28)18-7-3-4-8-19(18)24(27)29)14-20(22)25(30)26-13-12-17-6-2-5-9-21(17)26/h2-11,14H,12-13,15H2,1H3. The molecule has 0 N–H and O–H groups in total. The van der Waals surface area contributed by atoms with E-state index in [1.807, 2.05) is 24.3 Å². The minimum absolute atomic E-state index is 0.0905. The highest BCUT2D eigenvalue weighted by atomic mass is 16.5. The van der Waals surface area contributed by atoms with E-state index in [4.69, 9.17) is 4.74 Å². The van der Waals surface area contributed by atoms with Crippen molar-refractivity contribution in [3.05, 3.63) is 94.5 Å². The number of methoxy groups -OCH3 is 1. The Bertz CT molecular complexity index is 1200. The lowest BCUT2D eigenvalue weighted by atomic mass is 10.1. The normalized spacial score (nSPS) is 14.6. The van der Waals surface area contributed by atoms with Crippen molar-refractivity contribution in [1.82, 2.24) is 4.90 Å². The second kappa shape index (κ2) is 7.40. The number of ether oxygens (including phenoxy) is 1. The Balaban J connectivity index is 1.45. The van der Waals surface area contributed by atoms with Crippen LogP contribution in [0.4, 0.5) is 5.69 Å². The van der Waals surface area contributed by atoms with Gasteiger partial charge in [-0.3, -0.25) is 19.3 Å². The average Bonchev–Trinajstić information content (AvgIpc) is 3.34. The number of para-hydroxylation sites is 1. The highest BCUT2D eigenvalue weighted by molar-refractivity contribution is 6.21. The minimum atomic E-state index is -0.322. The Hall–Kier alpha value is -3.93. The van der Waals surface area contributed by atoms with Gasteiger partial charge in [0.25, 0.3) is 17.7 Å². The first-order chi connectivity index (χ1) is 15.1. The van der Waals surface area contributed by atoms with Gasteiger partial charge in [-0.15, -0.1) is 0 Å². The first-order valence-corrected chi connectivity index (χ1v) is 10.1. The van der Waals surface area contributed by atoms with Crippen LogP contribution in [0.15, 0.2) is 66.7 Å². The fourth-order valence-corrected chi connectivity index (χ4v) is 4.28. The Labute approximate surface area is 179 Å². The third-order valence-electron chi connectivity index (χ3n) is 5.85. The van der Waals surface area contributed by atoms with Crippen LogP contribution in [-0.2, 0) is 13.0 Å². The summed E-state index contributed by atoms with van der Waals surface area (Å²) in [4.78, 5) is 41.8. The van der Waals surface area contributed by atoms with E-state index in [9.17, 15) is 14.4 Å². The molecule has 3 amide bonds. The van der Waals surface area contributed by atoms with Crippen molar-refractivity contribution in [3.63, 3.8) is 0 Å². The second-order valence-corrected chi connectivity index (χ2v) is 7.61. The van der Waals surface area contributed by atoms with E-state index >= 15 is 0 Å². The molecular formula is C25H20N2O4. The zero-order valence-corrected chi connectivity index (χ0v) is 17.0. The summed E-state index contributed by atoms with van der Waals surface area (Å²) in [5.41, 5.74) is 3.95. The summed E-state index contributed by atoms with van der Waals surface area (Å²) in [5, 5.41) is 0. The van der Waals surface area contributed by atoms with Gasteiger partial charge in [-0.25, -0.2) is 0 Å². The zero-order chi connectivity index (χ0) is 21.5. The number of amides is 3. The smallest absolute Gasteiger partial charge is 0.262 e. The summed E-state index contributed by atoms with van der Waals surface area (Å²) in [6.45, 7) is 0.692. The van der Waals surface area contributed by atoms with Crippen LogP contribution < -0.4 is 9.64 Å². The van der Waals surface area contributed by atoms with E-state index in [1.54, 1.807) is 47.4 Å². The molecule has 2 aliphatic heterocycles. The number of carbonyl (C=O) groups excluding carboxylic acids is 3. The fourth-order valence-electron chi connectivity index (χ4n) is 4.28. The molecule has 0 atom stereocenters. The van der Waals surface area contributed by atoms with Crippen molar-refractivity contribution >= 4 is 23.4 Å². The van der Waals surface area contributed by atoms with Gasteiger partial charge < -0.3 is 9.64 Å². The summed E-state index contributed by atoms with van der Waals surface area (Å²) in [6, 6.07) is 19.8. The van der Waals surface area contributed by atoms with Crippen LogP contribution in [0.5, 0.6) is 5.75 Å². The van der Waals surface area contributed by atoms with Crippen molar-refractivity contribution < 1.29 is 19.1 Å². The Morgan fingerprint density at radius 1 is 0.935 bits per heavy atom. The van der Waals surface area contributed by atoms with Crippen molar-refractivity contribution in [3.8, 4) is 5.75 Å². The molecule has 0 fully saturated rings. The maximum atomic E-state index is 13.4. The van der Waals surface area contributed by atoms with Gasteiger partial charge in [0.1, 0.15) is 5.75 Å². The number of rotatable bonds is 4. The van der Waals surface area contributed by atoms with E-state index in [1.165, 1.54) is 12.0 Å². The summed E-state index contributed by atoms with van der Waals surface area (Å²) in [7, 11) is 1.52. The number of nitrogens with zero attached hydrogens (tertiary/aromatic N) is 2. The van der Waals surface area contributed by atoms with Crippen LogP contribution in [0.1, 0.15) is 42.2 Å². The predicted molar refractivity (Wildman–Crippen MR) is 115 cm³/mol. The van der Waals surface area contributed by atoms with Crippen molar-refractivity contribution in [1.29, 1.82) is 0 Å². The van der Waals surface area contributed by atoms with Gasteiger partial charge in [0, 0.05) is 12.2 Å². The molecule has 3 aromatic rings. The molecule has 0 unspecified atom stereocenters. The van der Waals surface area contributed by atoms with Gasteiger partial charge >= 0.3 is 0 Å². The van der Waals surface area contributed by atoms with E-state index in [2.05, 4.69) is 0 Å². The maximum absolute atomic E-state index is 13.4. The second-order valence-electron chi connectivity index (χ2n) is 7.61. The number of hydrogen-bond donors (Lipinski definition) is 0. The largest absolute Gasteiger partial charge is 0.496 e. The highest BCUT2D eigenvalue weighted by Crippen LogP contribution is 2.32. The van der Waals surface area contributed by atoms with E-state index in [0.717, 1.165) is 17.7 Å². The van der Waals surface area contributed by atoms with Crippen molar-refractivity contribution in [2.45, 2.75) is 13.0 Å². The predicted octanol–water partition coefficient (Wildman–Crippen LogP) is 3.69. The molecule has 154 valence electrons. The summed E-state index contributed by atoms with van der Waals surface area (Å²) in [6.07, 6.45) is 0.805. The molecule has 0 aromatic heterocycles. The Morgan fingerprint density at radius 2 is 1.61 bits per heavy atom. The molecule has 0 aliphatic carbocycles. The van der Waals surface area contributed by atoms with Gasteiger partial charge in [0.05, 0.1) is 30.3 Å². The molecule has 3 aromatic carbocycles. The molecule has 0 saturated heterocycles. The first kappa shape index (κ1) is 19.1. The molecule has 2 aliphatic rings. The zero-order valence-electron chi connectivity index (χ0n) is 17.0. The van der Waals surface area contributed by atoms with Crippen molar-refractivity contribution in [2.75, 3.05) is 18.6 Å². The van der Waals surface area contributed by atoms with Gasteiger partial charge in [0.15, 0.2) is 0 Å². The molecule has 0 spiro atoms. The summed E-state index contributed by atoms with van der Waals surface area (Å²) < 4.78 is 5.44. The van der Waals surface area contributed by atoms with Crippen LogP contribution in [0.3, 0.4) is 0 Å². The average molecular weight is 412 g/mol. The number of hydrogen-bond acceptors (Lipinski definition) is 4. The molecule has 2 heterocycles. The third kappa shape index (κ3) is 3.08. The third-order valence-corrected chi connectivity index (χ3v) is 5.85. The van der Waals surface area contributed by atoms with Gasteiger partial charge in [-0.2, -0.15) is 0 Å². The van der Waals surface area contributed by atoms with Crippen LogP contribution in [0, 0.1) is 0 Å². The molecule has 6 nitrogen and oxygen atoms in total. The van der Waals surface area contributed by atoms with E-state index in [0.29, 0.717) is 34.5 Å². The quantitative estimate of drug-likeness (QED) is 0.613. The molecular weight excluding hydrogens is 392 g/mol. The number of imide groups is 1. The summed E-state index contributed by atoms with van der Waals surface area (Å²) >= 11 is 0. The van der Waals surface area contributed by atoms with Crippen LogP contribution in [-0.4, -0.2) is 36.3 Å². The Morgan fingerprint density at radius 3 is 2.32 bits per heavy atom. The SMILES string of the molecule is COc1ccc(CN2C(=O)c3ccccc3C2=O)cc1C(=O)N1CCc2ccccc21. The topological polar surface area (TPSA) is 66.9 Å². The minimum Gasteiger partial charge on any atom is -0.496 e. The highest BCUT2D eigenvalue weighted by Gasteiger charge is 2.35. The lowest BCUT2D eigenvalue weighted by Crippen LogP contribution is -2.30. The maximum Gasteiger partial charge on any atom is 0.262 e. The number of fused-ring (bicyclic) bond motifs is 2. The van der Waals surface area contributed by atoms with E-state index < -0.39 is 0 Å². The molecule has 31 heavy (non-hydrogen) atoms. The molecule has 0 bridgehead atoms. The molecule has 5 rings (SSSR count). The van der Waals surface area contributed by atoms with Gasteiger partial charge in [-0.05, 0) is 47.9 Å². The van der Waals surface area contributed by atoms with Crippen molar-refractivity contribution in [2.24, 2.45) is 0 Å². The van der Waals surface area contributed by atoms with E-state index in [-0.39, 0.29) is 24.3 Å². The number of anilines is 1. The molecule has 0 saturated carbocycles. The monoisotopic (exact) mass is 412 g/mol. The first-order valence-electron chi connectivity index (χ1n) is 10.1. The number of benzene rings is 3. The fraction of sp³-hybridized carbons (Fsp3) is 0.160. The van der Waals surface area contributed by atoms with Gasteiger partial charge in [-0.1, -0.05) is 36.4 Å². The van der Waals surface area contributed by atoms with Crippen LogP contribution in [0.25, 0.3) is 0 Å². The lowest BCUT2D eigenvalue weighted by molar-refractivity contribution is 0.0642. The van der Waals surface area contributed by atoms with Crippen LogP contribution in [0.2, 0.25) is 0 Å². The molecule has 0 radical (unpaired) electrons. The summed E-state index contributed by atoms with van der Waals surface area (Å²) in [5.74, 6) is -0.345. The van der Waals surface area contributed by atoms with Crippen LogP contribution >= 0.6 is 0 Å². The Kier molecular flexibility index (Phi) is 4.55. The molecule has 6 heteroatoms. The van der Waals surface area contributed by atoms with Gasteiger partial charge in [0.2, 0.25) is 0 Å². The number of carbonyl (C=O) groups is 3.